The molecule has 2 aromatic rings. The molecule has 1 aromatic heterocycles. The third-order valence-corrected chi connectivity index (χ3v) is 2.98. The Bertz CT molecular complexity index is 536. The standard InChI is InChI=1S/C15H20N2O/c1-5-12-13(18)14(15(2,3)4)17(16-12)11-9-7-6-8-10-11/h6-10,18H,5H2,1-4H3. The minimum atomic E-state index is -0.152. The first kappa shape index (κ1) is 12.7. The van der Waals surface area contributed by atoms with E-state index in [4.69, 9.17) is 0 Å². The zero-order chi connectivity index (χ0) is 13.3. The molecular weight excluding hydrogens is 224 g/mol. The van der Waals surface area contributed by atoms with Crippen molar-refractivity contribution >= 4 is 0 Å². The molecule has 0 radical (unpaired) electrons. The lowest BCUT2D eigenvalue weighted by Gasteiger charge is -2.20. The summed E-state index contributed by atoms with van der Waals surface area (Å²) < 4.78 is 1.86. The molecule has 1 N–H and O–H groups in total. The summed E-state index contributed by atoms with van der Waals surface area (Å²) in [5.74, 6) is 0.328. The molecule has 0 bridgehead atoms. The Morgan fingerprint density at radius 3 is 2.28 bits per heavy atom. The Balaban J connectivity index is 2.68. The number of rotatable bonds is 2. The number of aromatic hydroxyl groups is 1. The van der Waals surface area contributed by atoms with Crippen LogP contribution in [0.5, 0.6) is 5.75 Å². The molecule has 0 unspecified atom stereocenters. The Morgan fingerprint density at radius 1 is 1.17 bits per heavy atom. The van der Waals surface area contributed by atoms with Gasteiger partial charge in [0.1, 0.15) is 5.69 Å². The van der Waals surface area contributed by atoms with Gasteiger partial charge in [0, 0.05) is 5.41 Å². The fraction of sp³-hybridized carbons (Fsp3) is 0.400. The van der Waals surface area contributed by atoms with Crippen molar-refractivity contribution in [3.8, 4) is 11.4 Å². The van der Waals surface area contributed by atoms with Crippen LogP contribution in [0.3, 0.4) is 0 Å². The molecule has 0 fully saturated rings. The first-order chi connectivity index (χ1) is 8.45. The van der Waals surface area contributed by atoms with Crippen LogP contribution in [0.1, 0.15) is 39.1 Å². The fourth-order valence-corrected chi connectivity index (χ4v) is 2.12. The molecule has 0 atom stereocenters. The number of para-hydroxylation sites is 1. The average molecular weight is 244 g/mol. The second-order valence-electron chi connectivity index (χ2n) is 5.49. The highest BCUT2D eigenvalue weighted by atomic mass is 16.3. The van der Waals surface area contributed by atoms with E-state index in [-0.39, 0.29) is 5.41 Å². The predicted molar refractivity (Wildman–Crippen MR) is 73.3 cm³/mol. The summed E-state index contributed by atoms with van der Waals surface area (Å²) in [6.07, 6.45) is 0.731. The molecule has 3 nitrogen and oxygen atoms in total. The van der Waals surface area contributed by atoms with Gasteiger partial charge < -0.3 is 5.11 Å². The third-order valence-electron chi connectivity index (χ3n) is 2.98. The molecule has 0 aliphatic rings. The quantitative estimate of drug-likeness (QED) is 0.878. The minimum absolute atomic E-state index is 0.152. The topological polar surface area (TPSA) is 38.0 Å². The predicted octanol–water partition coefficient (Wildman–Crippen LogP) is 3.44. The lowest BCUT2D eigenvalue weighted by Crippen LogP contribution is -2.17. The summed E-state index contributed by atoms with van der Waals surface area (Å²) in [7, 11) is 0. The summed E-state index contributed by atoms with van der Waals surface area (Å²) in [4.78, 5) is 0. The van der Waals surface area contributed by atoms with Gasteiger partial charge in [0.25, 0.3) is 0 Å². The van der Waals surface area contributed by atoms with Crippen LogP contribution in [0.25, 0.3) is 5.69 Å². The number of hydrogen-bond donors (Lipinski definition) is 1. The van der Waals surface area contributed by atoms with Gasteiger partial charge in [-0.05, 0) is 18.6 Å². The molecule has 96 valence electrons. The van der Waals surface area contributed by atoms with Crippen molar-refractivity contribution in [2.45, 2.75) is 39.5 Å². The lowest BCUT2D eigenvalue weighted by molar-refractivity contribution is 0.435. The zero-order valence-electron chi connectivity index (χ0n) is 11.4. The molecule has 0 aliphatic carbocycles. The average Bonchev–Trinajstić information content (AvgIpc) is 2.67. The van der Waals surface area contributed by atoms with Crippen molar-refractivity contribution in [2.75, 3.05) is 0 Å². The molecular formula is C15H20N2O. The van der Waals surface area contributed by atoms with Crippen LogP contribution < -0.4 is 0 Å². The van der Waals surface area contributed by atoms with Crippen molar-refractivity contribution in [3.63, 3.8) is 0 Å². The highest BCUT2D eigenvalue weighted by molar-refractivity contribution is 5.43. The maximum atomic E-state index is 10.3. The van der Waals surface area contributed by atoms with E-state index in [0.717, 1.165) is 23.5 Å². The monoisotopic (exact) mass is 244 g/mol. The normalized spacial score (nSPS) is 11.8. The molecule has 3 heteroatoms. The van der Waals surface area contributed by atoms with E-state index in [2.05, 4.69) is 25.9 Å². The molecule has 0 amide bonds. The fourth-order valence-electron chi connectivity index (χ4n) is 2.12. The first-order valence-corrected chi connectivity index (χ1v) is 6.32. The van der Waals surface area contributed by atoms with E-state index in [0.29, 0.717) is 5.75 Å². The van der Waals surface area contributed by atoms with Crippen molar-refractivity contribution in [1.82, 2.24) is 9.78 Å². The van der Waals surface area contributed by atoms with Gasteiger partial charge in [0.2, 0.25) is 0 Å². The Kier molecular flexibility index (Phi) is 3.16. The second-order valence-corrected chi connectivity index (χ2v) is 5.49. The van der Waals surface area contributed by atoms with E-state index in [1.807, 2.05) is 41.9 Å². The lowest BCUT2D eigenvalue weighted by atomic mass is 9.90. The SMILES string of the molecule is CCc1nn(-c2ccccc2)c(C(C)(C)C)c1O. The van der Waals surface area contributed by atoms with Gasteiger partial charge in [0.15, 0.2) is 5.75 Å². The van der Waals surface area contributed by atoms with Gasteiger partial charge >= 0.3 is 0 Å². The number of aryl methyl sites for hydroxylation is 1. The van der Waals surface area contributed by atoms with Gasteiger partial charge in [-0.25, -0.2) is 4.68 Å². The molecule has 0 aliphatic heterocycles. The maximum Gasteiger partial charge on any atom is 0.161 e. The van der Waals surface area contributed by atoms with E-state index >= 15 is 0 Å². The summed E-state index contributed by atoms with van der Waals surface area (Å²) in [6, 6.07) is 9.94. The Labute approximate surface area is 108 Å². The number of benzene rings is 1. The smallest absolute Gasteiger partial charge is 0.161 e. The summed E-state index contributed by atoms with van der Waals surface area (Å²) in [5, 5.41) is 14.9. The van der Waals surface area contributed by atoms with Crippen LogP contribution in [-0.4, -0.2) is 14.9 Å². The van der Waals surface area contributed by atoms with Crippen LogP contribution in [0.15, 0.2) is 30.3 Å². The highest BCUT2D eigenvalue weighted by Gasteiger charge is 2.27. The molecule has 2 rings (SSSR count). The minimum Gasteiger partial charge on any atom is -0.504 e. The Morgan fingerprint density at radius 2 is 1.78 bits per heavy atom. The summed E-state index contributed by atoms with van der Waals surface area (Å²) >= 11 is 0. The van der Waals surface area contributed by atoms with Crippen molar-refractivity contribution < 1.29 is 5.11 Å². The van der Waals surface area contributed by atoms with Crippen LogP contribution in [0, 0.1) is 0 Å². The molecule has 1 heterocycles. The van der Waals surface area contributed by atoms with Crippen LogP contribution >= 0.6 is 0 Å². The van der Waals surface area contributed by atoms with E-state index < -0.39 is 0 Å². The van der Waals surface area contributed by atoms with Gasteiger partial charge in [-0.2, -0.15) is 5.10 Å². The molecule has 1 aromatic carbocycles. The second kappa shape index (κ2) is 4.48. The van der Waals surface area contributed by atoms with E-state index in [9.17, 15) is 5.11 Å². The molecule has 0 saturated heterocycles. The van der Waals surface area contributed by atoms with Crippen molar-refractivity contribution in [2.24, 2.45) is 0 Å². The van der Waals surface area contributed by atoms with Crippen LogP contribution in [0.4, 0.5) is 0 Å². The van der Waals surface area contributed by atoms with Gasteiger partial charge in [-0.15, -0.1) is 0 Å². The third kappa shape index (κ3) is 2.13. The molecule has 0 spiro atoms. The van der Waals surface area contributed by atoms with Crippen molar-refractivity contribution in [1.29, 1.82) is 0 Å². The molecule has 0 saturated carbocycles. The largest absolute Gasteiger partial charge is 0.504 e. The zero-order valence-corrected chi connectivity index (χ0v) is 11.4. The first-order valence-electron chi connectivity index (χ1n) is 6.32. The highest BCUT2D eigenvalue weighted by Crippen LogP contribution is 2.35. The molecule has 18 heavy (non-hydrogen) atoms. The maximum absolute atomic E-state index is 10.3. The number of hydrogen-bond acceptors (Lipinski definition) is 2. The van der Waals surface area contributed by atoms with E-state index in [1.54, 1.807) is 0 Å². The number of nitrogens with zero attached hydrogens (tertiary/aromatic N) is 2. The Hall–Kier alpha value is -1.77. The van der Waals surface area contributed by atoms with Crippen molar-refractivity contribution in [3.05, 3.63) is 41.7 Å². The van der Waals surface area contributed by atoms with Gasteiger partial charge in [-0.3, -0.25) is 0 Å². The van der Waals surface area contributed by atoms with E-state index in [1.165, 1.54) is 0 Å². The summed E-state index contributed by atoms with van der Waals surface area (Å²) in [6.45, 7) is 8.26. The number of aromatic nitrogens is 2. The van der Waals surface area contributed by atoms with Crippen LogP contribution in [-0.2, 0) is 11.8 Å². The summed E-state index contributed by atoms with van der Waals surface area (Å²) in [5.41, 5.74) is 2.45. The van der Waals surface area contributed by atoms with Gasteiger partial charge in [0.05, 0.1) is 11.4 Å². The van der Waals surface area contributed by atoms with Gasteiger partial charge in [-0.1, -0.05) is 45.9 Å². The van der Waals surface area contributed by atoms with Crippen LogP contribution in [0.2, 0.25) is 0 Å².